The van der Waals surface area contributed by atoms with Gasteiger partial charge in [0, 0.05) is 21.5 Å². The van der Waals surface area contributed by atoms with Crippen molar-refractivity contribution < 1.29 is 19.4 Å². The maximum absolute atomic E-state index is 13.1. The number of benzene rings is 2. The molecule has 2 aromatic carbocycles. The Morgan fingerprint density at radius 3 is 2.70 bits per heavy atom. The number of rotatable bonds is 7. The SMILES string of the molecule is CCOC(=O)CCCC1=NN(c2ccc(Cl)cc2)C(=O)C1=Cc1cc(Br)ccc1O. The van der Waals surface area contributed by atoms with Crippen molar-refractivity contribution in [3.8, 4) is 5.75 Å². The molecule has 30 heavy (non-hydrogen) atoms. The van der Waals surface area contributed by atoms with Gasteiger partial charge in [0.15, 0.2) is 0 Å². The van der Waals surface area contributed by atoms with Crippen LogP contribution in [0, 0.1) is 0 Å². The molecule has 0 bridgehead atoms. The van der Waals surface area contributed by atoms with Crippen molar-refractivity contribution in [2.45, 2.75) is 26.2 Å². The highest BCUT2D eigenvalue weighted by Gasteiger charge is 2.31. The van der Waals surface area contributed by atoms with E-state index in [0.717, 1.165) is 4.47 Å². The lowest BCUT2D eigenvalue weighted by Gasteiger charge is -2.11. The van der Waals surface area contributed by atoms with Gasteiger partial charge < -0.3 is 9.84 Å². The maximum Gasteiger partial charge on any atom is 0.305 e. The third kappa shape index (κ3) is 5.29. The quantitative estimate of drug-likeness (QED) is 0.419. The highest BCUT2D eigenvalue weighted by atomic mass is 79.9. The lowest BCUT2D eigenvalue weighted by atomic mass is 10.0. The molecule has 0 unspecified atom stereocenters. The van der Waals surface area contributed by atoms with Crippen LogP contribution in [0.5, 0.6) is 5.75 Å². The summed E-state index contributed by atoms with van der Waals surface area (Å²) in [6.07, 6.45) is 2.75. The Labute approximate surface area is 187 Å². The molecule has 1 N–H and O–H groups in total. The van der Waals surface area contributed by atoms with Gasteiger partial charge in [-0.25, -0.2) is 0 Å². The van der Waals surface area contributed by atoms with Crippen LogP contribution in [0.25, 0.3) is 6.08 Å². The minimum atomic E-state index is -0.317. The van der Waals surface area contributed by atoms with Crippen molar-refractivity contribution in [2.75, 3.05) is 11.6 Å². The molecule has 1 aliphatic heterocycles. The summed E-state index contributed by atoms with van der Waals surface area (Å²) in [6.45, 7) is 2.09. The summed E-state index contributed by atoms with van der Waals surface area (Å²) < 4.78 is 5.73. The predicted octanol–water partition coefficient (Wildman–Crippen LogP) is 5.33. The van der Waals surface area contributed by atoms with E-state index in [1.165, 1.54) is 5.01 Å². The van der Waals surface area contributed by atoms with Crippen LogP contribution in [-0.2, 0) is 14.3 Å². The van der Waals surface area contributed by atoms with Crippen molar-refractivity contribution >= 4 is 56.9 Å². The summed E-state index contributed by atoms with van der Waals surface area (Å²) in [5, 5.41) is 16.5. The Morgan fingerprint density at radius 2 is 2.00 bits per heavy atom. The Kier molecular flexibility index (Phi) is 7.29. The largest absolute Gasteiger partial charge is 0.507 e. The van der Waals surface area contributed by atoms with E-state index in [1.807, 2.05) is 0 Å². The van der Waals surface area contributed by atoms with Gasteiger partial charge in [0.1, 0.15) is 5.75 Å². The first-order chi connectivity index (χ1) is 14.4. The summed E-state index contributed by atoms with van der Waals surface area (Å²) in [6, 6.07) is 11.8. The zero-order valence-electron chi connectivity index (χ0n) is 16.3. The first-order valence-corrected chi connectivity index (χ1v) is 10.6. The molecule has 2 aromatic rings. The second-order valence-electron chi connectivity index (χ2n) is 6.56. The molecule has 1 amide bonds. The summed E-state index contributed by atoms with van der Waals surface area (Å²) >= 11 is 9.32. The number of ether oxygens (including phenoxy) is 1. The number of aromatic hydroxyl groups is 1. The van der Waals surface area contributed by atoms with Crippen molar-refractivity contribution in [1.82, 2.24) is 0 Å². The van der Waals surface area contributed by atoms with Gasteiger partial charge in [-0.15, -0.1) is 0 Å². The van der Waals surface area contributed by atoms with Crippen LogP contribution in [0.4, 0.5) is 5.69 Å². The van der Waals surface area contributed by atoms with E-state index in [1.54, 1.807) is 55.5 Å². The second kappa shape index (κ2) is 9.91. The van der Waals surface area contributed by atoms with Crippen LogP contribution in [0.1, 0.15) is 31.7 Å². The van der Waals surface area contributed by atoms with E-state index in [4.69, 9.17) is 16.3 Å². The lowest BCUT2D eigenvalue weighted by Crippen LogP contribution is -2.21. The minimum Gasteiger partial charge on any atom is -0.507 e. The zero-order valence-corrected chi connectivity index (χ0v) is 18.6. The van der Waals surface area contributed by atoms with E-state index >= 15 is 0 Å². The van der Waals surface area contributed by atoms with Gasteiger partial charge in [-0.1, -0.05) is 27.5 Å². The maximum atomic E-state index is 13.1. The van der Waals surface area contributed by atoms with E-state index in [2.05, 4.69) is 21.0 Å². The fourth-order valence-electron chi connectivity index (χ4n) is 2.97. The Morgan fingerprint density at radius 1 is 1.27 bits per heavy atom. The minimum absolute atomic E-state index is 0.0503. The Hall–Kier alpha value is -2.64. The molecular weight excluding hydrogens is 472 g/mol. The topological polar surface area (TPSA) is 79.2 Å². The highest BCUT2D eigenvalue weighted by molar-refractivity contribution is 9.10. The fourth-order valence-corrected chi connectivity index (χ4v) is 3.48. The van der Waals surface area contributed by atoms with Gasteiger partial charge >= 0.3 is 5.97 Å². The monoisotopic (exact) mass is 490 g/mol. The summed E-state index contributed by atoms with van der Waals surface area (Å²) in [5.74, 6) is -0.552. The van der Waals surface area contributed by atoms with Crippen LogP contribution < -0.4 is 5.01 Å². The molecule has 0 fully saturated rings. The van der Waals surface area contributed by atoms with Crippen molar-refractivity contribution in [3.05, 3.63) is 63.1 Å². The van der Waals surface area contributed by atoms with E-state index in [0.29, 0.717) is 47.0 Å². The van der Waals surface area contributed by atoms with Crippen LogP contribution in [0.15, 0.2) is 57.6 Å². The smallest absolute Gasteiger partial charge is 0.305 e. The van der Waals surface area contributed by atoms with Crippen LogP contribution in [0.3, 0.4) is 0 Å². The van der Waals surface area contributed by atoms with Crippen LogP contribution in [-0.4, -0.2) is 29.3 Å². The lowest BCUT2D eigenvalue weighted by molar-refractivity contribution is -0.143. The molecular formula is C22H20BrClN2O4. The van der Waals surface area contributed by atoms with E-state index < -0.39 is 0 Å². The molecule has 0 atom stereocenters. The van der Waals surface area contributed by atoms with Crippen LogP contribution >= 0.6 is 27.5 Å². The highest BCUT2D eigenvalue weighted by Crippen LogP contribution is 2.30. The van der Waals surface area contributed by atoms with Crippen molar-refractivity contribution in [1.29, 1.82) is 0 Å². The second-order valence-corrected chi connectivity index (χ2v) is 7.91. The average Bonchev–Trinajstić information content (AvgIpc) is 3.01. The fraction of sp³-hybridized carbons (Fsp3) is 0.227. The molecule has 0 aromatic heterocycles. The third-order valence-electron chi connectivity index (χ3n) is 4.41. The Bertz CT molecular complexity index is 1020. The number of hydrogen-bond acceptors (Lipinski definition) is 5. The van der Waals surface area contributed by atoms with Crippen molar-refractivity contribution in [3.63, 3.8) is 0 Å². The zero-order chi connectivity index (χ0) is 21.7. The number of phenolic OH excluding ortho intramolecular Hbond substituents is 1. The number of hydrazone groups is 1. The molecule has 1 aliphatic rings. The molecule has 6 nitrogen and oxygen atoms in total. The van der Waals surface area contributed by atoms with Gasteiger partial charge in [0.25, 0.3) is 5.91 Å². The van der Waals surface area contributed by atoms with E-state index in [-0.39, 0.29) is 24.0 Å². The first kappa shape index (κ1) is 22.1. The number of halogens is 2. The van der Waals surface area contributed by atoms with Gasteiger partial charge in [-0.05, 0) is 68.3 Å². The molecule has 3 rings (SSSR count). The number of esters is 1. The molecule has 0 spiro atoms. The summed E-state index contributed by atoms with van der Waals surface area (Å²) in [7, 11) is 0. The van der Waals surface area contributed by atoms with Gasteiger partial charge in [0.2, 0.25) is 0 Å². The number of anilines is 1. The van der Waals surface area contributed by atoms with Gasteiger partial charge in [0.05, 0.1) is 23.6 Å². The van der Waals surface area contributed by atoms with E-state index in [9.17, 15) is 14.7 Å². The standard InChI is InChI=1S/C22H20BrClN2O4/c1-2-30-21(28)5-3-4-19-18(13-14-12-15(23)6-11-20(14)27)22(29)26(25-19)17-9-7-16(24)8-10-17/h6-13,27H,2-5H2,1H3. The molecule has 156 valence electrons. The molecule has 0 radical (unpaired) electrons. The number of amides is 1. The average molecular weight is 492 g/mol. The van der Waals surface area contributed by atoms with Gasteiger partial charge in [-0.2, -0.15) is 10.1 Å². The summed E-state index contributed by atoms with van der Waals surface area (Å²) in [4.78, 5) is 24.8. The number of hydrogen-bond donors (Lipinski definition) is 1. The molecule has 1 heterocycles. The van der Waals surface area contributed by atoms with Crippen LogP contribution in [0.2, 0.25) is 5.02 Å². The molecule has 0 aliphatic carbocycles. The van der Waals surface area contributed by atoms with Crippen molar-refractivity contribution in [2.24, 2.45) is 5.10 Å². The number of phenols is 1. The molecule has 0 saturated heterocycles. The molecule has 8 heteroatoms. The Balaban J connectivity index is 1.91. The van der Waals surface area contributed by atoms with Gasteiger partial charge in [-0.3, -0.25) is 9.59 Å². The molecule has 0 saturated carbocycles. The normalized spacial score (nSPS) is 14.9. The third-order valence-corrected chi connectivity index (χ3v) is 5.16. The predicted molar refractivity (Wildman–Crippen MR) is 121 cm³/mol. The summed E-state index contributed by atoms with van der Waals surface area (Å²) in [5.41, 5.74) is 1.97. The number of carbonyl (C=O) groups is 2. The number of nitrogens with zero attached hydrogens (tertiary/aromatic N) is 2. The first-order valence-electron chi connectivity index (χ1n) is 9.42. The number of carbonyl (C=O) groups excluding carboxylic acids is 2.